The topological polar surface area (TPSA) is 39.9 Å². The van der Waals surface area contributed by atoms with Gasteiger partial charge in [0.2, 0.25) is 0 Å². The molecule has 0 unspecified atom stereocenters. The molecule has 0 spiro atoms. The fourth-order valence-corrected chi connectivity index (χ4v) is 3.25. The minimum atomic E-state index is 0.412. The predicted octanol–water partition coefficient (Wildman–Crippen LogP) is 3.25. The third kappa shape index (κ3) is 2.15. The number of halogens is 1. The highest BCUT2D eigenvalue weighted by molar-refractivity contribution is 6.31. The summed E-state index contributed by atoms with van der Waals surface area (Å²) in [7, 11) is 2.10. The lowest BCUT2D eigenvalue weighted by molar-refractivity contribution is 0.309. The highest BCUT2D eigenvalue weighted by Crippen LogP contribution is 2.31. The number of aryl methyl sites for hydroxylation is 1. The summed E-state index contributed by atoms with van der Waals surface area (Å²) in [5.41, 5.74) is 5.53. The summed E-state index contributed by atoms with van der Waals surface area (Å²) in [5.74, 6) is 0. The van der Waals surface area contributed by atoms with Crippen LogP contribution in [0.5, 0.6) is 0 Å². The first kappa shape index (κ1) is 13.4. The van der Waals surface area contributed by atoms with E-state index in [2.05, 4.69) is 18.0 Å². The number of hydrogen-bond donors (Lipinski definition) is 0. The van der Waals surface area contributed by atoms with Crippen molar-refractivity contribution in [2.45, 2.75) is 26.3 Å². The van der Waals surface area contributed by atoms with E-state index in [1.807, 2.05) is 19.1 Å². The molecule has 20 heavy (non-hydrogen) atoms. The molecule has 4 heteroatoms. The number of likely N-dealkylation sites (N-methyl/N-ethyl adjacent to an activating group) is 1. The smallest absolute Gasteiger partial charge is 0.0738 e. The molecule has 0 amide bonds. The van der Waals surface area contributed by atoms with Crippen LogP contribution < -0.4 is 0 Å². The van der Waals surface area contributed by atoms with Crippen molar-refractivity contribution >= 4 is 22.5 Å². The largest absolute Gasteiger partial charge is 0.302 e. The molecule has 0 fully saturated rings. The fraction of sp³-hybridized carbons (Fsp3) is 0.375. The second-order valence-electron chi connectivity index (χ2n) is 5.46. The van der Waals surface area contributed by atoms with E-state index < -0.39 is 0 Å². The number of nitriles is 1. The fourth-order valence-electron chi connectivity index (χ4n) is 2.97. The zero-order chi connectivity index (χ0) is 14.3. The van der Waals surface area contributed by atoms with Crippen LogP contribution in [0.4, 0.5) is 0 Å². The molecule has 1 aliphatic heterocycles. The van der Waals surface area contributed by atoms with Crippen molar-refractivity contribution in [3.05, 3.63) is 39.5 Å². The van der Waals surface area contributed by atoms with Gasteiger partial charge in [0.15, 0.2) is 0 Å². The monoisotopic (exact) mass is 285 g/mol. The normalized spacial score (nSPS) is 15.1. The minimum Gasteiger partial charge on any atom is -0.302 e. The summed E-state index contributed by atoms with van der Waals surface area (Å²) in [6, 6.07) is 6.17. The molecule has 0 aliphatic carbocycles. The van der Waals surface area contributed by atoms with E-state index in [4.69, 9.17) is 21.8 Å². The molecule has 3 rings (SSSR count). The predicted molar refractivity (Wildman–Crippen MR) is 80.8 cm³/mol. The Hall–Kier alpha value is -1.63. The summed E-state index contributed by atoms with van der Waals surface area (Å²) in [5, 5.41) is 10.9. The van der Waals surface area contributed by atoms with E-state index in [9.17, 15) is 0 Å². The highest BCUT2D eigenvalue weighted by Gasteiger charge is 2.21. The Kier molecular flexibility index (Phi) is 3.37. The van der Waals surface area contributed by atoms with Crippen LogP contribution in [0, 0.1) is 18.3 Å². The Balaban J connectivity index is 2.36. The maximum absolute atomic E-state index is 9.17. The molecule has 1 aromatic heterocycles. The van der Waals surface area contributed by atoms with E-state index in [1.54, 1.807) is 0 Å². The van der Waals surface area contributed by atoms with Gasteiger partial charge in [0.1, 0.15) is 0 Å². The first-order valence-electron chi connectivity index (χ1n) is 6.76. The standard InChI is InChI=1S/C16H16ClN3/c1-10-7-11(17)8-13-12(3-5-18)14-9-20(2)6-4-15(14)19-16(10)13/h7-8H,3-4,6,9H2,1-2H3. The number of fused-ring (bicyclic) bond motifs is 2. The molecule has 1 aromatic carbocycles. The number of benzene rings is 1. The average molecular weight is 286 g/mol. The van der Waals surface area contributed by atoms with Gasteiger partial charge in [-0.3, -0.25) is 4.98 Å². The Morgan fingerprint density at radius 1 is 1.45 bits per heavy atom. The van der Waals surface area contributed by atoms with Crippen LogP contribution in [-0.4, -0.2) is 23.5 Å². The average Bonchev–Trinajstić information content (AvgIpc) is 2.40. The van der Waals surface area contributed by atoms with Crippen molar-refractivity contribution in [1.29, 1.82) is 5.26 Å². The van der Waals surface area contributed by atoms with Gasteiger partial charge in [0.25, 0.3) is 0 Å². The Labute approximate surface area is 123 Å². The molecule has 0 N–H and O–H groups in total. The number of aromatic nitrogens is 1. The summed E-state index contributed by atoms with van der Waals surface area (Å²) < 4.78 is 0. The first-order chi connectivity index (χ1) is 9.60. The van der Waals surface area contributed by atoms with Crippen LogP contribution in [0.15, 0.2) is 12.1 Å². The lowest BCUT2D eigenvalue weighted by Crippen LogP contribution is -2.28. The van der Waals surface area contributed by atoms with E-state index in [0.717, 1.165) is 47.2 Å². The van der Waals surface area contributed by atoms with Gasteiger partial charge in [-0.25, -0.2) is 0 Å². The number of rotatable bonds is 1. The van der Waals surface area contributed by atoms with Crippen molar-refractivity contribution in [2.24, 2.45) is 0 Å². The molecule has 2 heterocycles. The lowest BCUT2D eigenvalue weighted by atomic mass is 9.93. The molecule has 3 nitrogen and oxygen atoms in total. The third-order valence-electron chi connectivity index (χ3n) is 3.96. The molecule has 102 valence electrons. The summed E-state index contributed by atoms with van der Waals surface area (Å²) >= 11 is 6.19. The molecule has 0 saturated heterocycles. The van der Waals surface area contributed by atoms with Crippen molar-refractivity contribution in [2.75, 3.05) is 13.6 Å². The summed E-state index contributed by atoms with van der Waals surface area (Å²) in [6.45, 7) is 3.91. The maximum atomic E-state index is 9.17. The van der Waals surface area contributed by atoms with Crippen LogP contribution in [-0.2, 0) is 19.4 Å². The second-order valence-corrected chi connectivity index (χ2v) is 5.89. The van der Waals surface area contributed by atoms with E-state index in [-0.39, 0.29) is 0 Å². The highest BCUT2D eigenvalue weighted by atomic mass is 35.5. The van der Waals surface area contributed by atoms with Crippen molar-refractivity contribution < 1.29 is 0 Å². The van der Waals surface area contributed by atoms with Crippen LogP contribution >= 0.6 is 11.6 Å². The van der Waals surface area contributed by atoms with Crippen molar-refractivity contribution in [3.8, 4) is 6.07 Å². The number of hydrogen-bond acceptors (Lipinski definition) is 3. The molecule has 0 bridgehead atoms. The van der Waals surface area contributed by atoms with Crippen LogP contribution in [0.2, 0.25) is 5.02 Å². The van der Waals surface area contributed by atoms with Crippen LogP contribution in [0.3, 0.4) is 0 Å². The Morgan fingerprint density at radius 3 is 3.00 bits per heavy atom. The Morgan fingerprint density at radius 2 is 2.25 bits per heavy atom. The second kappa shape index (κ2) is 5.05. The van der Waals surface area contributed by atoms with Gasteiger partial charge >= 0.3 is 0 Å². The molecule has 0 saturated carbocycles. The molecule has 1 aliphatic rings. The van der Waals surface area contributed by atoms with Gasteiger partial charge in [-0.1, -0.05) is 11.6 Å². The van der Waals surface area contributed by atoms with Crippen LogP contribution in [0.25, 0.3) is 10.9 Å². The van der Waals surface area contributed by atoms with Gasteiger partial charge in [0.05, 0.1) is 18.0 Å². The zero-order valence-electron chi connectivity index (χ0n) is 11.7. The Bertz CT molecular complexity index is 731. The quantitative estimate of drug-likeness (QED) is 0.807. The maximum Gasteiger partial charge on any atom is 0.0738 e. The third-order valence-corrected chi connectivity index (χ3v) is 4.18. The molecular weight excluding hydrogens is 270 g/mol. The number of pyridine rings is 1. The van der Waals surface area contributed by atoms with E-state index in [1.165, 1.54) is 5.56 Å². The van der Waals surface area contributed by atoms with Gasteiger partial charge in [0, 0.05) is 35.6 Å². The zero-order valence-corrected chi connectivity index (χ0v) is 12.5. The van der Waals surface area contributed by atoms with E-state index in [0.29, 0.717) is 11.4 Å². The van der Waals surface area contributed by atoms with Gasteiger partial charge in [-0.2, -0.15) is 5.26 Å². The summed E-state index contributed by atoms with van der Waals surface area (Å²) in [4.78, 5) is 7.11. The van der Waals surface area contributed by atoms with Gasteiger partial charge in [-0.15, -0.1) is 0 Å². The van der Waals surface area contributed by atoms with Gasteiger partial charge < -0.3 is 4.90 Å². The minimum absolute atomic E-state index is 0.412. The number of nitrogens with zero attached hydrogens (tertiary/aromatic N) is 3. The molecular formula is C16H16ClN3. The summed E-state index contributed by atoms with van der Waals surface area (Å²) in [6.07, 6.45) is 1.36. The van der Waals surface area contributed by atoms with Crippen molar-refractivity contribution in [1.82, 2.24) is 9.88 Å². The van der Waals surface area contributed by atoms with Gasteiger partial charge in [-0.05, 0) is 42.8 Å². The van der Waals surface area contributed by atoms with Crippen LogP contribution in [0.1, 0.15) is 22.4 Å². The molecule has 0 atom stereocenters. The molecule has 2 aromatic rings. The van der Waals surface area contributed by atoms with E-state index >= 15 is 0 Å². The SMILES string of the molecule is Cc1cc(Cl)cc2c(CC#N)c3c(nc12)CCN(C)C3. The first-order valence-corrected chi connectivity index (χ1v) is 7.14. The molecule has 0 radical (unpaired) electrons. The van der Waals surface area contributed by atoms with Crippen molar-refractivity contribution in [3.63, 3.8) is 0 Å². The lowest BCUT2D eigenvalue weighted by Gasteiger charge is -2.27.